The zero-order chi connectivity index (χ0) is 21.2. The maximum Gasteiger partial charge on any atom is 0.194 e. The molecule has 0 fully saturated rings. The van der Waals surface area contributed by atoms with Gasteiger partial charge in [0.25, 0.3) is 0 Å². The number of fused-ring (bicyclic) bond motifs is 7. The first-order valence-electron chi connectivity index (χ1n) is 11.0. The normalized spacial score (nSPS) is 13.5. The van der Waals surface area contributed by atoms with Crippen molar-refractivity contribution in [1.29, 1.82) is 0 Å². The molecule has 0 radical (unpaired) electrons. The zero-order valence-corrected chi connectivity index (χ0v) is 17.4. The first-order valence-corrected chi connectivity index (χ1v) is 11.0. The van der Waals surface area contributed by atoms with E-state index in [1.807, 2.05) is 18.2 Å². The molecule has 1 aliphatic heterocycles. The second-order valence-electron chi connectivity index (χ2n) is 8.54. The minimum atomic E-state index is 0.122. The highest BCUT2D eigenvalue weighted by molar-refractivity contribution is 6.26. The standard InChI is InChI=1S/C30H19NO/c32-30-26-18-22(14-15-24(26)25-17-19-8-2-1-3-11-23(19)29(25)30)31-27-12-6-4-9-20(27)16-21-10-5-7-13-28(21)31/h1-15,17-18H,16H2. The Balaban J connectivity index is 1.43. The van der Waals surface area contributed by atoms with E-state index in [9.17, 15) is 4.79 Å². The van der Waals surface area contributed by atoms with Crippen LogP contribution in [-0.4, -0.2) is 5.78 Å². The Bertz CT molecular complexity index is 1480. The van der Waals surface area contributed by atoms with E-state index in [2.05, 4.69) is 89.8 Å². The second kappa shape index (κ2) is 6.41. The Kier molecular flexibility index (Phi) is 3.51. The molecule has 0 unspecified atom stereocenters. The summed E-state index contributed by atoms with van der Waals surface area (Å²) >= 11 is 0. The van der Waals surface area contributed by atoms with E-state index in [4.69, 9.17) is 0 Å². The average molecular weight is 409 g/mol. The van der Waals surface area contributed by atoms with E-state index >= 15 is 0 Å². The first-order chi connectivity index (χ1) is 15.8. The van der Waals surface area contributed by atoms with Crippen LogP contribution in [-0.2, 0) is 6.42 Å². The van der Waals surface area contributed by atoms with Crippen molar-refractivity contribution in [2.45, 2.75) is 6.42 Å². The molecule has 0 atom stereocenters. The average Bonchev–Trinajstić information content (AvgIpc) is 3.21. The van der Waals surface area contributed by atoms with Crippen LogP contribution in [0, 0.1) is 0 Å². The van der Waals surface area contributed by atoms with Crippen LogP contribution in [0.15, 0.2) is 103 Å². The van der Waals surface area contributed by atoms with Crippen molar-refractivity contribution < 1.29 is 4.79 Å². The Hall–Kier alpha value is -4.17. The Morgan fingerprint density at radius 3 is 2.03 bits per heavy atom. The molecule has 4 aliphatic rings. The molecule has 0 spiro atoms. The fourth-order valence-corrected chi connectivity index (χ4v) is 5.34. The molecule has 1 heterocycles. The number of benzene rings is 3. The van der Waals surface area contributed by atoms with Crippen LogP contribution < -0.4 is 4.90 Å². The van der Waals surface area contributed by atoms with Crippen LogP contribution in [0.2, 0.25) is 0 Å². The van der Waals surface area contributed by atoms with Gasteiger partial charge in [0.15, 0.2) is 5.78 Å². The van der Waals surface area contributed by atoms with Crippen molar-refractivity contribution in [3.8, 4) is 22.3 Å². The van der Waals surface area contributed by atoms with Crippen molar-refractivity contribution >= 4 is 22.8 Å². The lowest BCUT2D eigenvalue weighted by molar-refractivity contribution is 0.104. The van der Waals surface area contributed by atoms with Crippen LogP contribution in [0.4, 0.5) is 17.1 Å². The summed E-state index contributed by atoms with van der Waals surface area (Å²) in [5.74, 6) is 0.122. The number of hydrogen-bond acceptors (Lipinski definition) is 2. The summed E-state index contributed by atoms with van der Waals surface area (Å²) < 4.78 is 0. The third-order valence-electron chi connectivity index (χ3n) is 6.78. The van der Waals surface area contributed by atoms with E-state index < -0.39 is 0 Å². The molecule has 0 amide bonds. The summed E-state index contributed by atoms with van der Waals surface area (Å²) in [4.78, 5) is 15.9. The van der Waals surface area contributed by atoms with Gasteiger partial charge in [-0.05, 0) is 63.7 Å². The highest BCUT2D eigenvalue weighted by atomic mass is 16.1. The summed E-state index contributed by atoms with van der Waals surface area (Å²) in [6, 6.07) is 35.7. The van der Waals surface area contributed by atoms with Gasteiger partial charge in [-0.1, -0.05) is 72.8 Å². The third-order valence-corrected chi connectivity index (χ3v) is 6.78. The molecule has 0 saturated heterocycles. The molecule has 3 aromatic carbocycles. The number of carbonyl (C=O) groups excluding carboxylic acids is 1. The molecular formula is C30H19NO. The van der Waals surface area contributed by atoms with E-state index in [1.54, 1.807) is 0 Å². The van der Waals surface area contributed by atoms with Crippen molar-refractivity contribution in [1.82, 2.24) is 0 Å². The molecule has 3 aliphatic carbocycles. The summed E-state index contributed by atoms with van der Waals surface area (Å²) in [5, 5.41) is 0. The van der Waals surface area contributed by atoms with Gasteiger partial charge in [-0.25, -0.2) is 0 Å². The number of carbonyl (C=O) groups is 1. The van der Waals surface area contributed by atoms with Gasteiger partial charge in [0.05, 0.1) is 0 Å². The molecule has 3 aromatic rings. The zero-order valence-electron chi connectivity index (χ0n) is 17.4. The van der Waals surface area contributed by atoms with Gasteiger partial charge in [0, 0.05) is 34.6 Å². The van der Waals surface area contributed by atoms with Gasteiger partial charge in [-0.15, -0.1) is 0 Å². The van der Waals surface area contributed by atoms with Gasteiger partial charge >= 0.3 is 0 Å². The summed E-state index contributed by atoms with van der Waals surface area (Å²) in [6.07, 6.45) is 0.922. The largest absolute Gasteiger partial charge is 0.310 e. The Labute approximate surface area is 186 Å². The minimum Gasteiger partial charge on any atom is -0.310 e. The SMILES string of the molecule is O=C1c2cc(N3c4ccccc4Cc4ccccc43)ccc2-c2cc3cccccc-3c21. The molecule has 0 N–H and O–H groups in total. The van der Waals surface area contributed by atoms with Crippen LogP contribution in [0.25, 0.3) is 22.3 Å². The second-order valence-corrected chi connectivity index (χ2v) is 8.54. The van der Waals surface area contributed by atoms with E-state index in [0.717, 1.165) is 45.5 Å². The van der Waals surface area contributed by atoms with Crippen LogP contribution in [0.3, 0.4) is 0 Å². The highest BCUT2D eigenvalue weighted by Crippen LogP contribution is 2.49. The molecule has 2 nitrogen and oxygen atoms in total. The molecule has 32 heavy (non-hydrogen) atoms. The maximum absolute atomic E-state index is 13.6. The van der Waals surface area contributed by atoms with Crippen molar-refractivity contribution in [3.05, 3.63) is 125 Å². The first kappa shape index (κ1) is 17.5. The van der Waals surface area contributed by atoms with E-state index in [0.29, 0.717) is 0 Å². The minimum absolute atomic E-state index is 0.122. The van der Waals surface area contributed by atoms with Crippen molar-refractivity contribution in [2.75, 3.05) is 4.90 Å². The van der Waals surface area contributed by atoms with Gasteiger partial charge in [0.2, 0.25) is 0 Å². The Morgan fingerprint density at radius 1 is 0.562 bits per heavy atom. The predicted molar refractivity (Wildman–Crippen MR) is 129 cm³/mol. The summed E-state index contributed by atoms with van der Waals surface area (Å²) in [6.45, 7) is 0. The monoisotopic (exact) mass is 409 g/mol. The summed E-state index contributed by atoms with van der Waals surface area (Å²) in [5.41, 5.74) is 11.8. The van der Waals surface area contributed by atoms with Crippen molar-refractivity contribution in [3.63, 3.8) is 0 Å². The Morgan fingerprint density at radius 2 is 1.25 bits per heavy atom. The molecular weight excluding hydrogens is 390 g/mol. The number of ketones is 1. The van der Waals surface area contributed by atoms with Gasteiger partial charge < -0.3 is 4.90 Å². The van der Waals surface area contributed by atoms with Gasteiger partial charge in [0.1, 0.15) is 0 Å². The predicted octanol–water partition coefficient (Wildman–Crippen LogP) is 7.38. The fourth-order valence-electron chi connectivity index (χ4n) is 5.34. The van der Waals surface area contributed by atoms with Crippen LogP contribution in [0.5, 0.6) is 0 Å². The van der Waals surface area contributed by atoms with Gasteiger partial charge in [-0.2, -0.15) is 0 Å². The molecule has 150 valence electrons. The molecule has 7 rings (SSSR count). The smallest absolute Gasteiger partial charge is 0.194 e. The lowest BCUT2D eigenvalue weighted by Crippen LogP contribution is -2.18. The molecule has 0 saturated carbocycles. The third kappa shape index (κ3) is 2.32. The molecule has 0 aromatic heterocycles. The molecule has 0 bridgehead atoms. The van der Waals surface area contributed by atoms with E-state index in [-0.39, 0.29) is 5.78 Å². The van der Waals surface area contributed by atoms with Gasteiger partial charge in [-0.3, -0.25) is 4.79 Å². The fraction of sp³-hybridized carbons (Fsp3) is 0.0333. The van der Waals surface area contributed by atoms with Crippen LogP contribution in [0.1, 0.15) is 27.0 Å². The number of para-hydroxylation sites is 2. The van der Waals surface area contributed by atoms with E-state index in [1.165, 1.54) is 22.5 Å². The number of anilines is 3. The number of hydrogen-bond donors (Lipinski definition) is 0. The quantitative estimate of drug-likeness (QED) is 0.282. The topological polar surface area (TPSA) is 20.3 Å². The number of rotatable bonds is 1. The maximum atomic E-state index is 13.6. The van der Waals surface area contributed by atoms with Crippen molar-refractivity contribution in [2.24, 2.45) is 0 Å². The lowest BCUT2D eigenvalue weighted by Gasteiger charge is -2.33. The molecule has 2 heteroatoms. The number of nitrogens with zero attached hydrogens (tertiary/aromatic N) is 1. The lowest BCUT2D eigenvalue weighted by atomic mass is 9.94. The van der Waals surface area contributed by atoms with Crippen LogP contribution >= 0.6 is 0 Å². The summed E-state index contributed by atoms with van der Waals surface area (Å²) in [7, 11) is 0. The highest BCUT2D eigenvalue weighted by Gasteiger charge is 2.33.